The molecule has 1 saturated heterocycles. The van der Waals surface area contributed by atoms with Crippen molar-refractivity contribution < 1.29 is 13.2 Å². The first-order chi connectivity index (χ1) is 12.5. The number of benzene rings is 1. The summed E-state index contributed by atoms with van der Waals surface area (Å²) in [5, 5.41) is 3.15. The zero-order valence-electron chi connectivity index (χ0n) is 15.6. The second kappa shape index (κ2) is 8.53. The third-order valence-electron chi connectivity index (χ3n) is 5.59. The van der Waals surface area contributed by atoms with Crippen LogP contribution >= 0.6 is 0 Å². The minimum absolute atomic E-state index is 0.118. The molecule has 144 valence electrons. The zero-order chi connectivity index (χ0) is 18.6. The molecule has 3 rings (SSSR count). The number of hydrogen-bond acceptors (Lipinski definition) is 3. The summed E-state index contributed by atoms with van der Waals surface area (Å²) in [4.78, 5) is 13.2. The third kappa shape index (κ3) is 4.46. The molecule has 1 N–H and O–H groups in total. The number of piperidine rings is 1. The molecule has 0 spiro atoms. The predicted molar refractivity (Wildman–Crippen MR) is 102 cm³/mol. The maximum atomic E-state index is 13.1. The Morgan fingerprint density at radius 1 is 0.962 bits per heavy atom. The summed E-state index contributed by atoms with van der Waals surface area (Å²) >= 11 is 0. The molecule has 1 saturated carbocycles. The summed E-state index contributed by atoms with van der Waals surface area (Å²) in [6, 6.07) is 6.49. The highest BCUT2D eigenvalue weighted by molar-refractivity contribution is 7.89. The van der Waals surface area contributed by atoms with E-state index in [4.69, 9.17) is 0 Å². The molecule has 1 aliphatic heterocycles. The fourth-order valence-corrected chi connectivity index (χ4v) is 5.68. The van der Waals surface area contributed by atoms with E-state index in [2.05, 4.69) is 5.32 Å². The van der Waals surface area contributed by atoms with Gasteiger partial charge in [-0.1, -0.05) is 49.8 Å². The lowest BCUT2D eigenvalue weighted by atomic mass is 10.0. The van der Waals surface area contributed by atoms with Gasteiger partial charge in [-0.05, 0) is 44.7 Å². The lowest BCUT2D eigenvalue weighted by Crippen LogP contribution is -2.53. The second-order valence-corrected chi connectivity index (χ2v) is 9.53. The lowest BCUT2D eigenvalue weighted by molar-refractivity contribution is -0.126. The molecular weight excluding hydrogens is 348 g/mol. The molecule has 2 fully saturated rings. The Bertz CT molecular complexity index is 707. The molecule has 0 aromatic heterocycles. The van der Waals surface area contributed by atoms with Crippen molar-refractivity contribution >= 4 is 15.9 Å². The molecule has 1 heterocycles. The van der Waals surface area contributed by atoms with Crippen molar-refractivity contribution in [2.24, 2.45) is 0 Å². The average Bonchev–Trinajstić information content (AvgIpc) is 2.91. The normalized spacial score (nSPS) is 23.3. The van der Waals surface area contributed by atoms with Gasteiger partial charge in [0.1, 0.15) is 6.04 Å². The SMILES string of the molecule is Cc1ccc(S(=O)(=O)N2CCCC[C@H]2C(=O)NC2CCCCCC2)cc1. The highest BCUT2D eigenvalue weighted by Gasteiger charge is 2.38. The van der Waals surface area contributed by atoms with E-state index in [1.165, 1.54) is 17.1 Å². The van der Waals surface area contributed by atoms with Crippen LogP contribution in [0.5, 0.6) is 0 Å². The molecule has 1 atom stereocenters. The minimum Gasteiger partial charge on any atom is -0.352 e. The van der Waals surface area contributed by atoms with Gasteiger partial charge >= 0.3 is 0 Å². The van der Waals surface area contributed by atoms with Crippen molar-refractivity contribution in [3.63, 3.8) is 0 Å². The van der Waals surface area contributed by atoms with E-state index in [9.17, 15) is 13.2 Å². The van der Waals surface area contributed by atoms with E-state index < -0.39 is 16.1 Å². The van der Waals surface area contributed by atoms with Crippen LogP contribution in [0.4, 0.5) is 0 Å². The number of nitrogens with one attached hydrogen (secondary N) is 1. The molecule has 6 heteroatoms. The first kappa shape index (κ1) is 19.4. The molecule has 1 aromatic carbocycles. The Morgan fingerprint density at radius 3 is 2.23 bits per heavy atom. The summed E-state index contributed by atoms with van der Waals surface area (Å²) in [7, 11) is -3.65. The molecule has 0 radical (unpaired) electrons. The van der Waals surface area contributed by atoms with Crippen LogP contribution in [0.25, 0.3) is 0 Å². The Kier molecular flexibility index (Phi) is 6.35. The maximum absolute atomic E-state index is 13.1. The highest BCUT2D eigenvalue weighted by Crippen LogP contribution is 2.26. The van der Waals surface area contributed by atoms with Crippen molar-refractivity contribution in [1.29, 1.82) is 0 Å². The number of amides is 1. The quantitative estimate of drug-likeness (QED) is 0.817. The highest BCUT2D eigenvalue weighted by atomic mass is 32.2. The van der Waals surface area contributed by atoms with Gasteiger partial charge in [0.2, 0.25) is 15.9 Å². The number of rotatable bonds is 4. The van der Waals surface area contributed by atoms with Crippen molar-refractivity contribution in [1.82, 2.24) is 9.62 Å². The van der Waals surface area contributed by atoms with Gasteiger partial charge < -0.3 is 5.32 Å². The molecule has 1 aromatic rings. The van der Waals surface area contributed by atoms with Crippen molar-refractivity contribution in [2.45, 2.75) is 81.7 Å². The average molecular weight is 379 g/mol. The van der Waals surface area contributed by atoms with E-state index in [0.29, 0.717) is 13.0 Å². The van der Waals surface area contributed by atoms with E-state index in [-0.39, 0.29) is 16.8 Å². The van der Waals surface area contributed by atoms with Crippen LogP contribution in [0.3, 0.4) is 0 Å². The Balaban J connectivity index is 1.76. The van der Waals surface area contributed by atoms with Crippen molar-refractivity contribution in [3.8, 4) is 0 Å². The van der Waals surface area contributed by atoms with Crippen LogP contribution in [0.15, 0.2) is 29.2 Å². The van der Waals surface area contributed by atoms with Gasteiger partial charge in [0.05, 0.1) is 4.90 Å². The smallest absolute Gasteiger partial charge is 0.243 e. The largest absolute Gasteiger partial charge is 0.352 e. The van der Waals surface area contributed by atoms with Gasteiger partial charge in [0.25, 0.3) is 0 Å². The van der Waals surface area contributed by atoms with Gasteiger partial charge in [-0.2, -0.15) is 4.31 Å². The summed E-state index contributed by atoms with van der Waals surface area (Å²) < 4.78 is 27.6. The van der Waals surface area contributed by atoms with Gasteiger partial charge in [-0.25, -0.2) is 8.42 Å². The first-order valence-electron chi connectivity index (χ1n) is 9.87. The number of aryl methyl sites for hydroxylation is 1. The third-order valence-corrected chi connectivity index (χ3v) is 7.51. The zero-order valence-corrected chi connectivity index (χ0v) is 16.4. The van der Waals surface area contributed by atoms with Crippen molar-refractivity contribution in [3.05, 3.63) is 29.8 Å². The summed E-state index contributed by atoms with van der Waals surface area (Å²) in [5.74, 6) is -0.118. The van der Waals surface area contributed by atoms with E-state index >= 15 is 0 Å². The van der Waals surface area contributed by atoms with E-state index in [1.54, 1.807) is 24.3 Å². The molecule has 0 unspecified atom stereocenters. The lowest BCUT2D eigenvalue weighted by Gasteiger charge is -2.34. The Labute approximate surface area is 157 Å². The van der Waals surface area contributed by atoms with Gasteiger partial charge in [0, 0.05) is 12.6 Å². The number of sulfonamides is 1. The van der Waals surface area contributed by atoms with E-state index in [0.717, 1.165) is 44.1 Å². The number of carbonyl (C=O) groups excluding carboxylic acids is 1. The van der Waals surface area contributed by atoms with Crippen LogP contribution in [0.2, 0.25) is 0 Å². The summed E-state index contributed by atoms with van der Waals surface area (Å²) in [6.45, 7) is 2.35. The van der Waals surface area contributed by atoms with Crippen LogP contribution in [0, 0.1) is 6.92 Å². The molecular formula is C20H30N2O3S. The Hall–Kier alpha value is -1.40. The van der Waals surface area contributed by atoms with Crippen LogP contribution < -0.4 is 5.32 Å². The molecule has 1 aliphatic carbocycles. The van der Waals surface area contributed by atoms with Crippen LogP contribution in [0.1, 0.15) is 63.4 Å². The molecule has 5 nitrogen and oxygen atoms in total. The van der Waals surface area contributed by atoms with E-state index in [1.807, 2.05) is 6.92 Å². The minimum atomic E-state index is -3.65. The topological polar surface area (TPSA) is 66.5 Å². The number of carbonyl (C=O) groups is 1. The standard InChI is InChI=1S/C20H30N2O3S/c1-16-11-13-18(14-12-16)26(24,25)22-15-7-6-10-19(22)20(23)21-17-8-4-2-3-5-9-17/h11-14,17,19H,2-10,15H2,1H3,(H,21,23)/t19-/m0/s1. The molecule has 1 amide bonds. The van der Waals surface area contributed by atoms with Crippen LogP contribution in [-0.2, 0) is 14.8 Å². The van der Waals surface area contributed by atoms with Crippen molar-refractivity contribution in [2.75, 3.05) is 6.54 Å². The monoisotopic (exact) mass is 378 g/mol. The van der Waals surface area contributed by atoms with Gasteiger partial charge in [-0.3, -0.25) is 4.79 Å². The number of nitrogens with zero attached hydrogens (tertiary/aromatic N) is 1. The fourth-order valence-electron chi connectivity index (χ4n) is 4.02. The molecule has 2 aliphatic rings. The second-order valence-electron chi connectivity index (χ2n) is 7.64. The summed E-state index contributed by atoms with van der Waals surface area (Å²) in [5.41, 5.74) is 1.02. The van der Waals surface area contributed by atoms with Gasteiger partial charge in [-0.15, -0.1) is 0 Å². The maximum Gasteiger partial charge on any atom is 0.243 e. The predicted octanol–water partition coefficient (Wildman–Crippen LogP) is 3.38. The number of hydrogen-bond donors (Lipinski definition) is 1. The fraction of sp³-hybridized carbons (Fsp3) is 0.650. The summed E-state index contributed by atoms with van der Waals surface area (Å²) in [6.07, 6.45) is 9.03. The first-order valence-corrected chi connectivity index (χ1v) is 11.3. The van der Waals surface area contributed by atoms with Crippen LogP contribution in [-0.4, -0.2) is 37.3 Å². The molecule has 26 heavy (non-hydrogen) atoms. The van der Waals surface area contributed by atoms with Gasteiger partial charge in [0.15, 0.2) is 0 Å². The Morgan fingerprint density at radius 2 is 1.58 bits per heavy atom. The molecule has 0 bridgehead atoms.